The molecule has 1 rings (SSSR count). The van der Waals surface area contributed by atoms with E-state index in [1.54, 1.807) is 0 Å². The third kappa shape index (κ3) is 3.21. The molecule has 4 heteroatoms. The van der Waals surface area contributed by atoms with Crippen molar-refractivity contribution in [2.24, 2.45) is 0 Å². The maximum atomic E-state index is 8.44. The number of halogens is 2. The number of hydrogen-bond donors (Lipinski definition) is 0. The van der Waals surface area contributed by atoms with Crippen molar-refractivity contribution in [3.8, 4) is 11.8 Å². The predicted octanol–water partition coefficient (Wildman–Crippen LogP) is 3.27. The van der Waals surface area contributed by atoms with Gasteiger partial charge in [0.1, 0.15) is 12.4 Å². The van der Waals surface area contributed by atoms with Crippen LogP contribution in [0.25, 0.3) is 0 Å². The van der Waals surface area contributed by atoms with Gasteiger partial charge in [0, 0.05) is 4.47 Å². The molecule has 0 radical (unpaired) electrons. The Bertz CT molecular complexity index is 362. The lowest BCUT2D eigenvalue weighted by molar-refractivity contribution is 0.329. The van der Waals surface area contributed by atoms with E-state index in [0.29, 0.717) is 0 Å². The molecule has 0 saturated heterocycles. The van der Waals surface area contributed by atoms with Crippen molar-refractivity contribution >= 4 is 27.5 Å². The van der Waals surface area contributed by atoms with E-state index in [0.717, 1.165) is 15.8 Å². The first kappa shape index (κ1) is 11.4. The summed E-state index contributed by atoms with van der Waals surface area (Å²) in [5, 5.41) is 7.84. The predicted molar refractivity (Wildman–Crippen MR) is 59.6 cm³/mol. The molecule has 0 aromatic heterocycles. The number of nitriles is 1. The summed E-state index contributed by atoms with van der Waals surface area (Å²) in [6.45, 7) is 2.18. The number of aryl methyl sites for hydroxylation is 1. The minimum atomic E-state index is -0.598. The third-order valence-corrected chi connectivity index (χ3v) is 2.78. The highest BCUT2D eigenvalue weighted by molar-refractivity contribution is 9.10. The number of nitrogens with zero attached hydrogens (tertiary/aromatic N) is 1. The van der Waals surface area contributed by atoms with E-state index in [-0.39, 0.29) is 6.61 Å². The van der Waals surface area contributed by atoms with Gasteiger partial charge in [-0.3, -0.25) is 0 Å². The zero-order chi connectivity index (χ0) is 10.6. The lowest BCUT2D eigenvalue weighted by Crippen LogP contribution is -2.09. The smallest absolute Gasteiger partial charge is 0.154 e. The van der Waals surface area contributed by atoms with Gasteiger partial charge in [-0.2, -0.15) is 5.26 Å². The molecular weight excluding hydrogens is 265 g/mol. The Hall–Kier alpha value is -0.720. The van der Waals surface area contributed by atoms with Gasteiger partial charge < -0.3 is 4.74 Å². The summed E-state index contributed by atoms with van der Waals surface area (Å²) in [5.41, 5.74) is 1.09. The number of rotatable bonds is 3. The van der Waals surface area contributed by atoms with Crippen molar-refractivity contribution in [2.75, 3.05) is 6.61 Å². The zero-order valence-electron chi connectivity index (χ0n) is 7.63. The van der Waals surface area contributed by atoms with Crippen LogP contribution < -0.4 is 4.74 Å². The lowest BCUT2D eigenvalue weighted by atomic mass is 10.2. The van der Waals surface area contributed by atoms with E-state index in [1.165, 1.54) is 0 Å². The second kappa shape index (κ2) is 5.23. The summed E-state index contributed by atoms with van der Waals surface area (Å²) in [6, 6.07) is 7.52. The Morgan fingerprint density at radius 3 is 2.93 bits per heavy atom. The zero-order valence-corrected chi connectivity index (χ0v) is 9.97. The average molecular weight is 275 g/mol. The highest BCUT2D eigenvalue weighted by atomic mass is 79.9. The lowest BCUT2D eigenvalue weighted by Gasteiger charge is -2.07. The minimum absolute atomic E-state index is 0.207. The summed E-state index contributed by atoms with van der Waals surface area (Å²) in [7, 11) is 0. The van der Waals surface area contributed by atoms with Crippen molar-refractivity contribution in [2.45, 2.75) is 12.3 Å². The topological polar surface area (TPSA) is 33.0 Å². The second-order valence-electron chi connectivity index (χ2n) is 2.82. The Kier molecular flexibility index (Phi) is 4.24. The summed E-state index contributed by atoms with van der Waals surface area (Å²) in [6.07, 6.45) is 0. The van der Waals surface area contributed by atoms with Gasteiger partial charge in [0.2, 0.25) is 0 Å². The largest absolute Gasteiger partial charge is 0.491 e. The summed E-state index contributed by atoms with van der Waals surface area (Å²) in [4.78, 5) is 0. The molecule has 0 N–H and O–H groups in total. The molecule has 1 unspecified atom stereocenters. The van der Waals surface area contributed by atoms with E-state index < -0.39 is 5.38 Å². The van der Waals surface area contributed by atoms with Gasteiger partial charge in [0.05, 0.1) is 6.07 Å². The van der Waals surface area contributed by atoms with E-state index >= 15 is 0 Å². The molecule has 0 fully saturated rings. The highest BCUT2D eigenvalue weighted by Crippen LogP contribution is 2.21. The Morgan fingerprint density at radius 1 is 1.64 bits per heavy atom. The fourth-order valence-corrected chi connectivity index (χ4v) is 1.22. The highest BCUT2D eigenvalue weighted by Gasteiger charge is 2.03. The summed E-state index contributed by atoms with van der Waals surface area (Å²) < 4.78 is 6.35. The first-order valence-electron chi connectivity index (χ1n) is 4.06. The molecule has 1 atom stereocenters. The SMILES string of the molecule is Cc1cc(OCC(Cl)C#N)ccc1Br. The van der Waals surface area contributed by atoms with Gasteiger partial charge in [0.25, 0.3) is 0 Å². The van der Waals surface area contributed by atoms with E-state index in [4.69, 9.17) is 21.6 Å². The number of alkyl halides is 1. The monoisotopic (exact) mass is 273 g/mol. The van der Waals surface area contributed by atoms with Crippen LogP contribution in [0.15, 0.2) is 22.7 Å². The number of hydrogen-bond acceptors (Lipinski definition) is 2. The van der Waals surface area contributed by atoms with E-state index in [9.17, 15) is 0 Å². The molecule has 14 heavy (non-hydrogen) atoms. The minimum Gasteiger partial charge on any atom is -0.491 e. The average Bonchev–Trinajstić information content (AvgIpc) is 2.19. The van der Waals surface area contributed by atoms with Crippen LogP contribution in [-0.2, 0) is 0 Å². The molecule has 1 aromatic rings. The quantitative estimate of drug-likeness (QED) is 0.793. The Balaban J connectivity index is 2.61. The molecule has 0 aliphatic heterocycles. The van der Waals surface area contributed by atoms with Crippen molar-refractivity contribution in [3.63, 3.8) is 0 Å². The summed E-state index contributed by atoms with van der Waals surface area (Å²) >= 11 is 8.98. The summed E-state index contributed by atoms with van der Waals surface area (Å²) in [5.74, 6) is 0.728. The molecule has 0 saturated carbocycles. The first-order chi connectivity index (χ1) is 6.63. The molecule has 0 aliphatic carbocycles. The van der Waals surface area contributed by atoms with Crippen LogP contribution in [0.4, 0.5) is 0 Å². The van der Waals surface area contributed by atoms with Crippen molar-refractivity contribution in [1.29, 1.82) is 5.26 Å². The van der Waals surface area contributed by atoms with Gasteiger partial charge in [-0.15, -0.1) is 11.6 Å². The third-order valence-electron chi connectivity index (χ3n) is 1.67. The van der Waals surface area contributed by atoms with Gasteiger partial charge in [-0.1, -0.05) is 15.9 Å². The van der Waals surface area contributed by atoms with E-state index in [1.807, 2.05) is 31.2 Å². The van der Waals surface area contributed by atoms with E-state index in [2.05, 4.69) is 15.9 Å². The van der Waals surface area contributed by atoms with Gasteiger partial charge in [-0.25, -0.2) is 0 Å². The fraction of sp³-hybridized carbons (Fsp3) is 0.300. The second-order valence-corrected chi connectivity index (χ2v) is 4.20. The molecule has 0 aliphatic rings. The molecule has 2 nitrogen and oxygen atoms in total. The molecule has 74 valence electrons. The maximum Gasteiger partial charge on any atom is 0.154 e. The molecular formula is C10H9BrClNO. The first-order valence-corrected chi connectivity index (χ1v) is 5.29. The van der Waals surface area contributed by atoms with Crippen LogP contribution in [0.5, 0.6) is 5.75 Å². The van der Waals surface area contributed by atoms with Gasteiger partial charge >= 0.3 is 0 Å². The number of ether oxygens (including phenoxy) is 1. The fourth-order valence-electron chi connectivity index (χ4n) is 0.914. The van der Waals surface area contributed by atoms with Crippen LogP contribution in [-0.4, -0.2) is 12.0 Å². The van der Waals surface area contributed by atoms with Crippen LogP contribution >= 0.6 is 27.5 Å². The normalized spacial score (nSPS) is 11.9. The molecule has 1 aromatic carbocycles. The van der Waals surface area contributed by atoms with Crippen molar-refractivity contribution < 1.29 is 4.74 Å². The van der Waals surface area contributed by atoms with Crippen LogP contribution in [0.2, 0.25) is 0 Å². The van der Waals surface area contributed by atoms with Gasteiger partial charge in [0.15, 0.2) is 5.38 Å². The molecule has 0 bridgehead atoms. The van der Waals surface area contributed by atoms with Crippen molar-refractivity contribution in [1.82, 2.24) is 0 Å². The van der Waals surface area contributed by atoms with Crippen LogP contribution in [0, 0.1) is 18.3 Å². The van der Waals surface area contributed by atoms with Gasteiger partial charge in [-0.05, 0) is 30.7 Å². The molecule has 0 spiro atoms. The Labute approximate surface area is 96.6 Å². The molecule has 0 amide bonds. The Morgan fingerprint density at radius 2 is 2.36 bits per heavy atom. The number of benzene rings is 1. The standard InChI is InChI=1S/C10H9BrClNO/c1-7-4-9(2-3-10(7)11)14-6-8(12)5-13/h2-4,8H,6H2,1H3. The van der Waals surface area contributed by atoms with Crippen molar-refractivity contribution in [3.05, 3.63) is 28.2 Å². The maximum absolute atomic E-state index is 8.44. The molecule has 0 heterocycles. The van der Waals surface area contributed by atoms with Crippen LogP contribution in [0.3, 0.4) is 0 Å². The van der Waals surface area contributed by atoms with Crippen LogP contribution in [0.1, 0.15) is 5.56 Å².